The summed E-state index contributed by atoms with van der Waals surface area (Å²) in [6.45, 7) is 5.11. The van der Waals surface area contributed by atoms with Crippen molar-refractivity contribution in [2.24, 2.45) is 0 Å². The maximum Gasteiger partial charge on any atom is 0.205 e. The van der Waals surface area contributed by atoms with Gasteiger partial charge in [0.25, 0.3) is 0 Å². The van der Waals surface area contributed by atoms with Gasteiger partial charge in [0.05, 0.1) is 17.8 Å². The van der Waals surface area contributed by atoms with Gasteiger partial charge >= 0.3 is 0 Å². The highest BCUT2D eigenvalue weighted by Gasteiger charge is 2.16. The fourth-order valence-corrected chi connectivity index (χ4v) is 2.34. The molecule has 112 valence electrons. The average Bonchev–Trinajstić information content (AvgIpc) is 2.44. The van der Waals surface area contributed by atoms with Crippen molar-refractivity contribution in [2.45, 2.75) is 20.8 Å². The first-order valence-corrected chi connectivity index (χ1v) is 6.73. The smallest absolute Gasteiger partial charge is 0.205 e. The maximum absolute atomic E-state index is 13.9. The van der Waals surface area contributed by atoms with Gasteiger partial charge in [-0.15, -0.1) is 0 Å². The molecule has 0 radical (unpaired) electrons. The van der Waals surface area contributed by atoms with Gasteiger partial charge in [0.2, 0.25) is 6.20 Å². The molecule has 0 aliphatic carbocycles. The van der Waals surface area contributed by atoms with Gasteiger partial charge in [-0.25, -0.2) is 4.39 Å². The number of halogens is 2. The van der Waals surface area contributed by atoms with E-state index in [0.29, 0.717) is 38.1 Å². The summed E-state index contributed by atoms with van der Waals surface area (Å²) in [7, 11) is 1.48. The lowest BCUT2D eigenvalue weighted by Gasteiger charge is -2.17. The van der Waals surface area contributed by atoms with Gasteiger partial charge in [-0.1, -0.05) is 11.6 Å². The zero-order chi connectivity index (χ0) is 15.7. The maximum atomic E-state index is 13.9. The van der Waals surface area contributed by atoms with Crippen LogP contribution in [0, 0.1) is 31.8 Å². The van der Waals surface area contributed by atoms with Crippen molar-refractivity contribution in [3.8, 4) is 5.75 Å². The topological polar surface area (TPSA) is 48.2 Å². The molecule has 4 nitrogen and oxygen atoms in total. The molecule has 0 amide bonds. The second-order valence-corrected chi connectivity index (χ2v) is 5.22. The zero-order valence-corrected chi connectivity index (χ0v) is 13.0. The summed E-state index contributed by atoms with van der Waals surface area (Å²) in [6, 6.07) is 2.89. The Hall–Kier alpha value is -2.01. The van der Waals surface area contributed by atoms with Crippen LogP contribution >= 0.6 is 11.6 Å². The number of ether oxygens (including phenoxy) is 1. The van der Waals surface area contributed by atoms with Crippen molar-refractivity contribution in [3.05, 3.63) is 51.2 Å². The van der Waals surface area contributed by atoms with Crippen LogP contribution < -0.4 is 14.8 Å². The number of hydrogen-bond donors (Lipinski definition) is 1. The minimum atomic E-state index is -0.391. The molecule has 6 heteroatoms. The standard InChI is InChI=1S/C15H16ClFN2O2/c1-8-5-11(16)13(7-19(8)20)18-15-9(2)12(17)6-14(21-4)10(15)3/h5-7,18H,1-4H3. The van der Waals surface area contributed by atoms with Crippen LogP contribution in [0.5, 0.6) is 5.75 Å². The fourth-order valence-electron chi connectivity index (χ4n) is 2.09. The Bertz CT molecular complexity index is 705. The predicted octanol–water partition coefficient (Wildman–Crippen LogP) is 3.79. The molecule has 21 heavy (non-hydrogen) atoms. The Labute approximate surface area is 127 Å². The number of hydrogen-bond acceptors (Lipinski definition) is 3. The highest BCUT2D eigenvalue weighted by molar-refractivity contribution is 6.33. The summed E-state index contributed by atoms with van der Waals surface area (Å²) < 4.78 is 19.8. The lowest BCUT2D eigenvalue weighted by atomic mass is 10.1. The number of anilines is 2. The molecule has 1 aromatic carbocycles. The summed E-state index contributed by atoms with van der Waals surface area (Å²) in [5.74, 6) is 0.0389. The van der Waals surface area contributed by atoms with Crippen molar-refractivity contribution in [1.82, 2.24) is 0 Å². The van der Waals surface area contributed by atoms with Crippen molar-refractivity contribution in [3.63, 3.8) is 0 Å². The second-order valence-electron chi connectivity index (χ2n) is 4.81. The normalized spacial score (nSPS) is 10.6. The molecule has 0 bridgehead atoms. The van der Waals surface area contributed by atoms with Crippen LogP contribution in [0.25, 0.3) is 0 Å². The molecule has 0 saturated heterocycles. The third kappa shape index (κ3) is 2.88. The molecule has 0 saturated carbocycles. The van der Waals surface area contributed by atoms with E-state index >= 15 is 0 Å². The number of nitrogens with zero attached hydrogens (tertiary/aromatic N) is 1. The Kier molecular flexibility index (Phi) is 4.23. The van der Waals surface area contributed by atoms with Crippen molar-refractivity contribution in [2.75, 3.05) is 12.4 Å². The van der Waals surface area contributed by atoms with E-state index in [4.69, 9.17) is 16.3 Å². The van der Waals surface area contributed by atoms with Gasteiger partial charge in [-0.05, 0) is 13.8 Å². The first kappa shape index (κ1) is 15.4. The van der Waals surface area contributed by atoms with Crippen molar-refractivity contribution < 1.29 is 13.9 Å². The molecular formula is C15H16ClFN2O2. The summed E-state index contributed by atoms with van der Waals surface area (Å²) in [6.07, 6.45) is 1.33. The number of nitrogens with one attached hydrogen (secondary N) is 1. The largest absolute Gasteiger partial charge is 0.618 e. The molecule has 0 aliphatic heterocycles. The van der Waals surface area contributed by atoms with Gasteiger partial charge in [0.15, 0.2) is 5.69 Å². The number of aryl methyl sites for hydroxylation is 1. The van der Waals surface area contributed by atoms with Crippen molar-refractivity contribution in [1.29, 1.82) is 0 Å². The van der Waals surface area contributed by atoms with Crippen LogP contribution in [0.1, 0.15) is 16.8 Å². The third-order valence-electron chi connectivity index (χ3n) is 3.40. The molecule has 0 atom stereocenters. The second kappa shape index (κ2) is 5.77. The van der Waals surface area contributed by atoms with Gasteiger partial charge < -0.3 is 15.3 Å². The van der Waals surface area contributed by atoms with Gasteiger partial charge in [-0.2, -0.15) is 4.73 Å². The van der Waals surface area contributed by atoms with E-state index in [2.05, 4.69) is 5.32 Å². The monoisotopic (exact) mass is 310 g/mol. The summed E-state index contributed by atoms with van der Waals surface area (Å²) >= 11 is 6.13. The lowest BCUT2D eigenvalue weighted by Crippen LogP contribution is -2.29. The Balaban J connectivity index is 2.54. The molecular weight excluding hydrogens is 295 g/mol. The molecule has 0 aliphatic rings. The minimum absolute atomic E-state index is 0.390. The van der Waals surface area contributed by atoms with E-state index < -0.39 is 5.82 Å². The van der Waals surface area contributed by atoms with E-state index in [1.54, 1.807) is 26.8 Å². The van der Waals surface area contributed by atoms with E-state index in [0.717, 1.165) is 5.56 Å². The number of benzene rings is 1. The Morgan fingerprint density at radius 1 is 1.24 bits per heavy atom. The number of rotatable bonds is 3. The molecule has 2 rings (SSSR count). The van der Waals surface area contributed by atoms with E-state index in [1.165, 1.54) is 19.4 Å². The summed E-state index contributed by atoms with van der Waals surface area (Å²) in [5, 5.41) is 15.1. The van der Waals surface area contributed by atoms with Crippen LogP contribution in [0.2, 0.25) is 5.02 Å². The number of pyridine rings is 1. The minimum Gasteiger partial charge on any atom is -0.618 e. The van der Waals surface area contributed by atoms with Gasteiger partial charge in [-0.3, -0.25) is 0 Å². The van der Waals surface area contributed by atoms with E-state index in [9.17, 15) is 9.60 Å². The average molecular weight is 311 g/mol. The van der Waals surface area contributed by atoms with Crippen molar-refractivity contribution >= 4 is 23.0 Å². The highest BCUT2D eigenvalue weighted by atomic mass is 35.5. The van der Waals surface area contributed by atoms with Crippen LogP contribution in [0.3, 0.4) is 0 Å². The van der Waals surface area contributed by atoms with Gasteiger partial charge in [0, 0.05) is 30.2 Å². The highest BCUT2D eigenvalue weighted by Crippen LogP contribution is 2.34. The Morgan fingerprint density at radius 3 is 2.52 bits per heavy atom. The van der Waals surface area contributed by atoms with Gasteiger partial charge in [0.1, 0.15) is 17.3 Å². The first-order chi connectivity index (χ1) is 9.85. The lowest BCUT2D eigenvalue weighted by molar-refractivity contribution is -0.611. The van der Waals surface area contributed by atoms with Crippen LogP contribution in [0.4, 0.5) is 15.8 Å². The zero-order valence-electron chi connectivity index (χ0n) is 12.3. The van der Waals surface area contributed by atoms with Crippen LogP contribution in [0.15, 0.2) is 18.3 Å². The first-order valence-electron chi connectivity index (χ1n) is 6.35. The molecule has 0 fully saturated rings. The quantitative estimate of drug-likeness (QED) is 0.693. The fraction of sp³-hybridized carbons (Fsp3) is 0.267. The summed E-state index contributed by atoms with van der Waals surface area (Å²) in [4.78, 5) is 0. The molecule has 2 aromatic rings. The number of methoxy groups -OCH3 is 1. The molecule has 1 heterocycles. The van der Waals surface area contributed by atoms with E-state index in [-0.39, 0.29) is 0 Å². The van der Waals surface area contributed by atoms with Crippen LogP contribution in [-0.2, 0) is 0 Å². The third-order valence-corrected chi connectivity index (χ3v) is 3.71. The number of aromatic nitrogens is 1. The molecule has 1 N–H and O–H groups in total. The Morgan fingerprint density at radius 2 is 1.90 bits per heavy atom. The molecule has 0 unspecified atom stereocenters. The molecule has 0 spiro atoms. The van der Waals surface area contributed by atoms with E-state index in [1.807, 2.05) is 0 Å². The molecule has 1 aromatic heterocycles. The summed E-state index contributed by atoms with van der Waals surface area (Å²) in [5.41, 5.74) is 2.61. The SMILES string of the molecule is COc1cc(F)c(C)c(Nc2c[n+]([O-])c(C)cc2Cl)c1C. The predicted molar refractivity (Wildman–Crippen MR) is 80.9 cm³/mol. The van der Waals surface area contributed by atoms with Crippen LogP contribution in [-0.4, -0.2) is 7.11 Å².